The molecule has 1 saturated carbocycles. The first kappa shape index (κ1) is 11.6. The van der Waals surface area contributed by atoms with Gasteiger partial charge in [-0.3, -0.25) is 0 Å². The average molecular weight is 195 g/mol. The van der Waals surface area contributed by atoms with Gasteiger partial charge in [-0.15, -0.1) is 12.3 Å². The van der Waals surface area contributed by atoms with E-state index >= 15 is 0 Å². The van der Waals surface area contributed by atoms with Crippen molar-refractivity contribution in [2.45, 2.75) is 57.1 Å². The van der Waals surface area contributed by atoms with Gasteiger partial charge in [-0.1, -0.05) is 12.8 Å². The zero-order valence-electron chi connectivity index (χ0n) is 8.84. The van der Waals surface area contributed by atoms with Crippen molar-refractivity contribution in [1.29, 1.82) is 0 Å². The zero-order chi connectivity index (χ0) is 10.2. The molecule has 1 aliphatic carbocycles. The number of aliphatic hydroxyl groups is 1. The monoisotopic (exact) mass is 195 g/mol. The highest BCUT2D eigenvalue weighted by Gasteiger charge is 2.21. The maximum Gasteiger partial charge on any atom is 0.0693 e. The van der Waals surface area contributed by atoms with Gasteiger partial charge in [0.1, 0.15) is 0 Å². The van der Waals surface area contributed by atoms with Crippen molar-refractivity contribution in [2.75, 3.05) is 6.54 Å². The first-order chi connectivity index (χ1) is 6.84. The topological polar surface area (TPSA) is 32.3 Å². The van der Waals surface area contributed by atoms with Crippen molar-refractivity contribution in [2.24, 2.45) is 0 Å². The molecule has 0 heterocycles. The number of hydrogen-bond donors (Lipinski definition) is 2. The highest BCUT2D eigenvalue weighted by Crippen LogP contribution is 2.18. The van der Waals surface area contributed by atoms with Crippen LogP contribution in [0.5, 0.6) is 0 Å². The lowest BCUT2D eigenvalue weighted by Gasteiger charge is -2.28. The van der Waals surface area contributed by atoms with E-state index in [9.17, 15) is 5.11 Å². The Morgan fingerprint density at radius 3 is 2.79 bits per heavy atom. The van der Waals surface area contributed by atoms with Crippen LogP contribution in [0, 0.1) is 12.3 Å². The number of nitrogens with one attached hydrogen (secondary N) is 1. The second kappa shape index (κ2) is 6.86. The Morgan fingerprint density at radius 1 is 1.29 bits per heavy atom. The summed E-state index contributed by atoms with van der Waals surface area (Å²) in [6.45, 7) is 0.989. The van der Waals surface area contributed by atoms with Gasteiger partial charge in [-0.05, 0) is 32.2 Å². The van der Waals surface area contributed by atoms with E-state index in [1.165, 1.54) is 12.8 Å². The third-order valence-electron chi connectivity index (χ3n) is 2.88. The molecule has 2 heteroatoms. The number of terminal acetylenes is 1. The number of rotatable bonds is 5. The van der Waals surface area contributed by atoms with Crippen LogP contribution in [0.25, 0.3) is 0 Å². The van der Waals surface area contributed by atoms with Crippen LogP contribution in [0.2, 0.25) is 0 Å². The van der Waals surface area contributed by atoms with Gasteiger partial charge >= 0.3 is 0 Å². The molecule has 2 atom stereocenters. The zero-order valence-corrected chi connectivity index (χ0v) is 8.84. The lowest BCUT2D eigenvalue weighted by molar-refractivity contribution is 0.0910. The van der Waals surface area contributed by atoms with Gasteiger partial charge < -0.3 is 10.4 Å². The van der Waals surface area contributed by atoms with Crippen LogP contribution in [0.4, 0.5) is 0 Å². The summed E-state index contributed by atoms with van der Waals surface area (Å²) >= 11 is 0. The molecule has 0 amide bonds. The molecule has 14 heavy (non-hydrogen) atoms. The van der Waals surface area contributed by atoms with Gasteiger partial charge in [0.25, 0.3) is 0 Å². The summed E-state index contributed by atoms with van der Waals surface area (Å²) in [5.74, 6) is 2.64. The highest BCUT2D eigenvalue weighted by atomic mass is 16.3. The van der Waals surface area contributed by atoms with Crippen molar-refractivity contribution in [3.63, 3.8) is 0 Å². The highest BCUT2D eigenvalue weighted by molar-refractivity contribution is 4.83. The normalized spacial score (nSPS) is 27.1. The van der Waals surface area contributed by atoms with E-state index in [1.54, 1.807) is 0 Å². The van der Waals surface area contributed by atoms with E-state index in [0.29, 0.717) is 6.04 Å². The number of hydrogen-bond acceptors (Lipinski definition) is 2. The maximum atomic E-state index is 9.68. The van der Waals surface area contributed by atoms with Gasteiger partial charge in [0.2, 0.25) is 0 Å². The Morgan fingerprint density at radius 2 is 2.07 bits per heavy atom. The van der Waals surface area contributed by atoms with E-state index < -0.39 is 0 Å². The Labute approximate surface area is 87.1 Å². The molecule has 2 N–H and O–H groups in total. The third-order valence-corrected chi connectivity index (χ3v) is 2.88. The third kappa shape index (κ3) is 4.13. The average Bonchev–Trinajstić information content (AvgIpc) is 2.20. The molecule has 0 saturated heterocycles. The minimum atomic E-state index is -0.128. The first-order valence-electron chi connectivity index (χ1n) is 5.69. The van der Waals surface area contributed by atoms with E-state index in [1.807, 2.05) is 0 Å². The van der Waals surface area contributed by atoms with E-state index in [4.69, 9.17) is 6.42 Å². The summed E-state index contributed by atoms with van der Waals surface area (Å²) in [6, 6.07) is 0.328. The molecule has 0 bridgehead atoms. The molecule has 0 unspecified atom stereocenters. The predicted octanol–water partition coefficient (Wildman–Crippen LogP) is 1.68. The van der Waals surface area contributed by atoms with Gasteiger partial charge in [0.15, 0.2) is 0 Å². The van der Waals surface area contributed by atoms with Crippen molar-refractivity contribution < 1.29 is 5.11 Å². The molecule has 0 radical (unpaired) electrons. The molecule has 0 aliphatic heterocycles. The van der Waals surface area contributed by atoms with Crippen molar-refractivity contribution in [3.05, 3.63) is 0 Å². The molecule has 0 aromatic rings. The molecule has 1 fully saturated rings. The van der Waals surface area contributed by atoms with Gasteiger partial charge in [0.05, 0.1) is 6.10 Å². The summed E-state index contributed by atoms with van der Waals surface area (Å²) < 4.78 is 0. The molecule has 80 valence electrons. The largest absolute Gasteiger partial charge is 0.392 e. The summed E-state index contributed by atoms with van der Waals surface area (Å²) in [5, 5.41) is 13.1. The molecule has 0 spiro atoms. The standard InChI is InChI=1S/C12H21NO/c1-2-3-4-7-10-13-11-8-5-6-9-12(11)14/h1,11-14H,3-10H2/t11-,12-/m0/s1. The van der Waals surface area contributed by atoms with E-state index in [0.717, 1.165) is 38.6 Å². The molecule has 0 aromatic carbocycles. The lowest BCUT2D eigenvalue weighted by Crippen LogP contribution is -2.42. The molecular formula is C12H21NO. The second-order valence-corrected chi connectivity index (χ2v) is 4.07. The predicted molar refractivity (Wildman–Crippen MR) is 58.9 cm³/mol. The fourth-order valence-electron chi connectivity index (χ4n) is 1.99. The molecule has 1 aliphatic rings. The fourth-order valence-corrected chi connectivity index (χ4v) is 1.99. The Kier molecular flexibility index (Phi) is 5.66. The minimum absolute atomic E-state index is 0.128. The molecule has 2 nitrogen and oxygen atoms in total. The Balaban J connectivity index is 2.02. The fraction of sp³-hybridized carbons (Fsp3) is 0.833. The Bertz CT molecular complexity index is 185. The van der Waals surface area contributed by atoms with Gasteiger partial charge in [-0.2, -0.15) is 0 Å². The Hall–Kier alpha value is -0.520. The SMILES string of the molecule is C#CCCCCN[C@H]1CCCC[C@@H]1O. The van der Waals surface area contributed by atoms with Crippen LogP contribution in [-0.2, 0) is 0 Å². The molecular weight excluding hydrogens is 174 g/mol. The molecule has 1 rings (SSSR count). The van der Waals surface area contributed by atoms with Crippen LogP contribution in [0.1, 0.15) is 44.9 Å². The van der Waals surface area contributed by atoms with E-state index in [-0.39, 0.29) is 6.10 Å². The first-order valence-corrected chi connectivity index (χ1v) is 5.69. The minimum Gasteiger partial charge on any atom is -0.392 e. The van der Waals surface area contributed by atoms with Gasteiger partial charge in [-0.25, -0.2) is 0 Å². The van der Waals surface area contributed by atoms with Crippen molar-refractivity contribution in [3.8, 4) is 12.3 Å². The summed E-state index contributed by atoms with van der Waals surface area (Å²) in [4.78, 5) is 0. The maximum absolute atomic E-state index is 9.68. The van der Waals surface area contributed by atoms with E-state index in [2.05, 4.69) is 11.2 Å². The summed E-state index contributed by atoms with van der Waals surface area (Å²) in [5.41, 5.74) is 0. The van der Waals surface area contributed by atoms with Crippen LogP contribution >= 0.6 is 0 Å². The van der Waals surface area contributed by atoms with Crippen LogP contribution in [-0.4, -0.2) is 23.8 Å². The second-order valence-electron chi connectivity index (χ2n) is 4.07. The van der Waals surface area contributed by atoms with Crippen LogP contribution in [0.15, 0.2) is 0 Å². The van der Waals surface area contributed by atoms with Crippen LogP contribution < -0.4 is 5.32 Å². The van der Waals surface area contributed by atoms with Gasteiger partial charge in [0, 0.05) is 12.5 Å². The quantitative estimate of drug-likeness (QED) is 0.517. The number of unbranched alkanes of at least 4 members (excludes halogenated alkanes) is 2. The molecule has 0 aromatic heterocycles. The summed E-state index contributed by atoms with van der Waals surface area (Å²) in [7, 11) is 0. The number of aliphatic hydroxyl groups excluding tert-OH is 1. The summed E-state index contributed by atoms with van der Waals surface area (Å²) in [6.07, 6.45) is 12.6. The smallest absolute Gasteiger partial charge is 0.0693 e. The van der Waals surface area contributed by atoms with Crippen molar-refractivity contribution in [1.82, 2.24) is 5.32 Å². The van der Waals surface area contributed by atoms with Crippen molar-refractivity contribution >= 4 is 0 Å². The lowest BCUT2D eigenvalue weighted by atomic mass is 9.92. The van der Waals surface area contributed by atoms with Crippen LogP contribution in [0.3, 0.4) is 0 Å².